The van der Waals surface area contributed by atoms with Crippen molar-refractivity contribution in [1.29, 1.82) is 5.26 Å². The van der Waals surface area contributed by atoms with Gasteiger partial charge in [0.05, 0.1) is 30.5 Å². The van der Waals surface area contributed by atoms with E-state index < -0.39 is 34.4 Å². The van der Waals surface area contributed by atoms with E-state index in [0.29, 0.717) is 18.9 Å². The number of nitrogens with two attached hydrogens (primary N) is 1. The first kappa shape index (κ1) is 31.6. The number of fused-ring (bicyclic) bond motifs is 3. The van der Waals surface area contributed by atoms with Crippen LogP contribution in [0.1, 0.15) is 55.7 Å². The fourth-order valence-electron chi connectivity index (χ4n) is 8.22. The normalized spacial score (nSPS) is 25.3. The number of anilines is 2. The molecule has 1 spiro atoms. The summed E-state index contributed by atoms with van der Waals surface area (Å²) in [5.74, 6) is -0.981. The number of nitriles is 1. The maximum atomic E-state index is 16.9. The Labute approximate surface area is 270 Å². The summed E-state index contributed by atoms with van der Waals surface area (Å²) in [5, 5.41) is 13.6. The van der Waals surface area contributed by atoms with Gasteiger partial charge in [-0.05, 0) is 69.7 Å². The fourth-order valence-corrected chi connectivity index (χ4v) is 8.22. The number of rotatable bonds is 6. The molecule has 0 unspecified atom stereocenters. The number of hydrogen-bond acceptors (Lipinski definition) is 10. The number of piperazine rings is 1. The van der Waals surface area contributed by atoms with Crippen molar-refractivity contribution in [1.82, 2.24) is 25.2 Å². The molecule has 47 heavy (non-hydrogen) atoms. The molecule has 3 aliphatic heterocycles. The molecule has 3 atom stereocenters. The van der Waals surface area contributed by atoms with E-state index >= 15 is 4.39 Å². The van der Waals surface area contributed by atoms with Crippen LogP contribution < -0.4 is 25.4 Å². The van der Waals surface area contributed by atoms with Crippen LogP contribution in [0.25, 0.3) is 22.2 Å². The summed E-state index contributed by atoms with van der Waals surface area (Å²) in [7, 11) is 3.38. The number of hydrogen-bond donors (Lipinski definition) is 2. The van der Waals surface area contributed by atoms with Crippen molar-refractivity contribution in [3.63, 3.8) is 0 Å². The van der Waals surface area contributed by atoms with Gasteiger partial charge >= 0.3 is 12.2 Å². The first-order chi connectivity index (χ1) is 22.3. The van der Waals surface area contributed by atoms with Gasteiger partial charge in [-0.1, -0.05) is 6.92 Å². The minimum absolute atomic E-state index is 0.0814. The number of benzene rings is 1. The monoisotopic (exact) mass is 654 g/mol. The summed E-state index contributed by atoms with van der Waals surface area (Å²) in [6.45, 7) is 6.67. The van der Waals surface area contributed by atoms with Crippen LogP contribution in [0.15, 0.2) is 6.07 Å². The number of piperidine rings is 1. The summed E-state index contributed by atoms with van der Waals surface area (Å²) in [6.07, 6.45) is 0.277. The third kappa shape index (κ3) is 5.18. The molecule has 3 aromatic rings. The lowest BCUT2D eigenvalue weighted by molar-refractivity contribution is -0.137. The van der Waals surface area contributed by atoms with Gasteiger partial charge in [-0.25, -0.2) is 9.37 Å². The Morgan fingerprint density at radius 3 is 2.47 bits per heavy atom. The quantitative estimate of drug-likeness (QED) is 0.275. The lowest BCUT2D eigenvalue weighted by atomic mass is 9.70. The minimum atomic E-state index is -4.94. The third-order valence-electron chi connectivity index (χ3n) is 10.9. The topological polar surface area (TPSA) is 125 Å². The number of aromatic nitrogens is 3. The predicted octanol–water partition coefficient (Wildman–Crippen LogP) is 5.06. The Morgan fingerprint density at radius 1 is 1.15 bits per heavy atom. The van der Waals surface area contributed by atoms with E-state index in [2.05, 4.69) is 34.2 Å². The average molecular weight is 655 g/mol. The SMILES string of the molecule is COc1nc(-c2c(C#N)c(N)cc(C)c2C(F)(F)F)c(F)c2nc(OC[C@]3(C)CN(C)CCC34CC4)nc(N3C[C@H]4CC[C@@H](C3)N4)c12. The number of likely N-dealkylation sites (tertiary alicyclic amines) is 1. The van der Waals surface area contributed by atoms with Crippen LogP contribution in [0.3, 0.4) is 0 Å². The molecule has 2 bridgehead atoms. The summed E-state index contributed by atoms with van der Waals surface area (Å²) in [6, 6.07) is 3.10. The number of ether oxygens (including phenoxy) is 2. The van der Waals surface area contributed by atoms with Crippen molar-refractivity contribution in [3.8, 4) is 29.2 Å². The molecule has 2 aromatic heterocycles. The van der Waals surface area contributed by atoms with Crippen molar-refractivity contribution in [2.24, 2.45) is 10.8 Å². The lowest BCUT2D eigenvalue weighted by Gasteiger charge is -2.45. The maximum absolute atomic E-state index is 16.9. The maximum Gasteiger partial charge on any atom is 0.417 e. The zero-order valence-corrected chi connectivity index (χ0v) is 26.9. The number of methoxy groups -OCH3 is 1. The Morgan fingerprint density at radius 2 is 1.85 bits per heavy atom. The standard InChI is InChI=1S/C33H38F4N8O2/c1-17-11-21(39)20(12-38)22(24(17)33(35,36)37)26-25(34)27-23(29(41-26)46-4)28(45-13-18-5-6-19(14-45)40-18)43-30(42-27)47-16-31(2)15-44(3)10-9-32(31)7-8-32/h11,18-19,40H,5-10,13-16,39H2,1-4H3/t18-,19+,31-/m0/s1. The number of aryl methyl sites for hydroxylation is 1. The number of alkyl halides is 3. The zero-order chi connectivity index (χ0) is 33.5. The van der Waals surface area contributed by atoms with Crippen LogP contribution >= 0.6 is 0 Å². The number of nitrogens with zero attached hydrogens (tertiary/aromatic N) is 6. The van der Waals surface area contributed by atoms with Crippen LogP contribution in [-0.2, 0) is 6.18 Å². The van der Waals surface area contributed by atoms with Crippen LogP contribution in [0.4, 0.5) is 29.1 Å². The van der Waals surface area contributed by atoms with Crippen molar-refractivity contribution in [2.75, 3.05) is 57.6 Å². The van der Waals surface area contributed by atoms with E-state index in [1.807, 2.05) is 4.90 Å². The molecule has 3 N–H and O–H groups in total. The van der Waals surface area contributed by atoms with Gasteiger partial charge in [0.2, 0.25) is 5.88 Å². The second-order valence-electron chi connectivity index (χ2n) is 14.0. The summed E-state index contributed by atoms with van der Waals surface area (Å²) >= 11 is 0. The van der Waals surface area contributed by atoms with Gasteiger partial charge in [0.1, 0.15) is 28.5 Å². The molecule has 4 fully saturated rings. The molecule has 0 amide bonds. The highest BCUT2D eigenvalue weighted by atomic mass is 19.4. The Bertz CT molecular complexity index is 1790. The molecule has 10 nitrogen and oxygen atoms in total. The molecule has 1 aromatic carbocycles. The van der Waals surface area contributed by atoms with Gasteiger partial charge in [-0.2, -0.15) is 28.4 Å². The van der Waals surface area contributed by atoms with E-state index in [1.165, 1.54) is 14.0 Å². The smallest absolute Gasteiger partial charge is 0.417 e. The number of nitrogens with one attached hydrogen (secondary N) is 1. The fraction of sp³-hybridized carbons (Fsp3) is 0.576. The Balaban J connectivity index is 1.43. The van der Waals surface area contributed by atoms with Crippen LogP contribution in [0, 0.1) is 34.9 Å². The highest BCUT2D eigenvalue weighted by Gasteiger charge is 2.59. The van der Waals surface area contributed by atoms with E-state index in [0.717, 1.165) is 51.3 Å². The van der Waals surface area contributed by atoms with Gasteiger partial charge in [-0.3, -0.25) is 0 Å². The highest BCUT2D eigenvalue weighted by Crippen LogP contribution is 2.63. The largest absolute Gasteiger partial charge is 0.480 e. The van der Waals surface area contributed by atoms with Crippen molar-refractivity contribution >= 4 is 22.4 Å². The average Bonchev–Trinajstić information content (AvgIpc) is 3.74. The second-order valence-corrected chi connectivity index (χ2v) is 14.0. The number of halogens is 4. The van der Waals surface area contributed by atoms with Gasteiger partial charge in [0.15, 0.2) is 5.82 Å². The number of nitrogen functional groups attached to an aromatic ring is 1. The van der Waals surface area contributed by atoms with Gasteiger partial charge < -0.3 is 30.3 Å². The molecular formula is C33H38F4N8O2. The van der Waals surface area contributed by atoms with E-state index in [1.54, 1.807) is 6.07 Å². The van der Waals surface area contributed by atoms with Gasteiger partial charge in [0.25, 0.3) is 0 Å². The van der Waals surface area contributed by atoms with Crippen molar-refractivity contribution in [2.45, 2.75) is 64.2 Å². The summed E-state index contributed by atoms with van der Waals surface area (Å²) in [5.41, 5.74) is 1.95. The summed E-state index contributed by atoms with van der Waals surface area (Å²) < 4.78 is 72.5. The molecule has 0 radical (unpaired) electrons. The van der Waals surface area contributed by atoms with Gasteiger partial charge in [-0.15, -0.1) is 0 Å². The molecule has 3 saturated heterocycles. The molecule has 4 aliphatic rings. The van der Waals surface area contributed by atoms with E-state index in [4.69, 9.17) is 20.2 Å². The highest BCUT2D eigenvalue weighted by molar-refractivity contribution is 5.98. The van der Waals surface area contributed by atoms with Crippen molar-refractivity contribution < 1.29 is 27.0 Å². The molecule has 7 rings (SSSR count). The number of pyridine rings is 1. The lowest BCUT2D eigenvalue weighted by Crippen LogP contribution is -2.51. The minimum Gasteiger partial charge on any atom is -0.480 e. The Kier molecular flexibility index (Phi) is 7.44. The Hall–Kier alpha value is -3.96. The van der Waals surface area contributed by atoms with Crippen LogP contribution in [0.5, 0.6) is 11.9 Å². The molecule has 1 aliphatic carbocycles. The van der Waals surface area contributed by atoms with Crippen LogP contribution in [0.2, 0.25) is 0 Å². The summed E-state index contributed by atoms with van der Waals surface area (Å²) in [4.78, 5) is 17.9. The molecular weight excluding hydrogens is 616 g/mol. The second kappa shape index (κ2) is 11.1. The zero-order valence-electron chi connectivity index (χ0n) is 26.9. The predicted molar refractivity (Wildman–Crippen MR) is 168 cm³/mol. The third-order valence-corrected chi connectivity index (χ3v) is 10.9. The molecule has 5 heterocycles. The van der Waals surface area contributed by atoms with Gasteiger partial charge in [0, 0.05) is 42.7 Å². The molecule has 1 saturated carbocycles. The van der Waals surface area contributed by atoms with Crippen molar-refractivity contribution in [3.05, 3.63) is 28.6 Å². The van der Waals surface area contributed by atoms with E-state index in [9.17, 15) is 18.4 Å². The first-order valence-electron chi connectivity index (χ1n) is 16.0. The first-order valence-corrected chi connectivity index (χ1v) is 16.0. The van der Waals surface area contributed by atoms with E-state index in [-0.39, 0.29) is 63.6 Å². The molecule has 14 heteroatoms. The van der Waals surface area contributed by atoms with Crippen LogP contribution in [-0.4, -0.2) is 78.9 Å². The molecule has 250 valence electrons.